The van der Waals surface area contributed by atoms with Crippen molar-refractivity contribution >= 4 is 63.6 Å². The number of aromatic nitrogens is 7. The molecule has 1 atom stereocenters. The minimum atomic E-state index is -1.02. The van der Waals surface area contributed by atoms with Gasteiger partial charge >= 0.3 is 0 Å². The summed E-state index contributed by atoms with van der Waals surface area (Å²) in [6.45, 7) is 9.64. The topological polar surface area (TPSA) is 241 Å². The molecule has 7 heterocycles. The highest BCUT2D eigenvalue weighted by atomic mass is 16.5. The minimum absolute atomic E-state index is 0.000910. The summed E-state index contributed by atoms with van der Waals surface area (Å²) in [5.74, 6) is -1.52. The lowest BCUT2D eigenvalue weighted by atomic mass is 10.0. The standard InChI is InChI=1S/C46H53N13O8/c1-28-34-25-49-46(52-41(34)58(31-6-3-4-7-31)44(64)39(28)29(2)60)50-37-12-10-32(24-48-37)56-17-15-55(16-18-56)26-30-27-57(54-53-30)19-21-67-23-22-66-20-14-47-35-9-5-8-33-40(35)45(65)59(43(33)63)36-11-13-38(61)51-42(36)62/h5,8-10,12,24-25,27,31,36,47H,3-4,6-7,11,13-23,26H2,1-2H3,(H,51,61,62)(H,48,49,50,52). The molecule has 1 aromatic carbocycles. The number of hydrogen-bond acceptors (Lipinski definition) is 17. The first-order valence-corrected chi connectivity index (χ1v) is 22.8. The van der Waals surface area contributed by atoms with E-state index in [1.165, 1.54) is 6.92 Å². The van der Waals surface area contributed by atoms with Gasteiger partial charge in [-0.3, -0.25) is 48.5 Å². The Labute approximate surface area is 385 Å². The van der Waals surface area contributed by atoms with Crippen molar-refractivity contribution in [3.63, 3.8) is 0 Å². The van der Waals surface area contributed by atoms with Crippen LogP contribution in [0, 0.1) is 6.92 Å². The molecule has 4 amide bonds. The van der Waals surface area contributed by atoms with Crippen LogP contribution in [0.5, 0.6) is 0 Å². The molecule has 9 rings (SSSR count). The summed E-state index contributed by atoms with van der Waals surface area (Å²) >= 11 is 0. The highest BCUT2D eigenvalue weighted by Gasteiger charge is 2.45. The summed E-state index contributed by atoms with van der Waals surface area (Å²) < 4.78 is 14.9. The van der Waals surface area contributed by atoms with Crippen molar-refractivity contribution in [2.24, 2.45) is 0 Å². The summed E-state index contributed by atoms with van der Waals surface area (Å²) in [5.41, 5.74) is 3.84. The van der Waals surface area contributed by atoms with E-state index in [1.807, 2.05) is 24.5 Å². The van der Waals surface area contributed by atoms with Crippen LogP contribution in [0.4, 0.5) is 23.1 Å². The Bertz CT molecular complexity index is 2760. The third-order valence-electron chi connectivity index (χ3n) is 12.8. The average molecular weight is 916 g/mol. The summed E-state index contributed by atoms with van der Waals surface area (Å²) in [7, 11) is 0. The number of pyridine rings is 2. The highest BCUT2D eigenvalue weighted by molar-refractivity contribution is 6.25. The highest BCUT2D eigenvalue weighted by Crippen LogP contribution is 2.34. The van der Waals surface area contributed by atoms with Crippen LogP contribution in [0.1, 0.15) is 93.8 Å². The fourth-order valence-electron chi connectivity index (χ4n) is 9.38. The quantitative estimate of drug-likeness (QED) is 0.0650. The summed E-state index contributed by atoms with van der Waals surface area (Å²) in [4.78, 5) is 95.9. The molecule has 1 unspecified atom stereocenters. The number of ketones is 1. The van der Waals surface area contributed by atoms with Crippen LogP contribution < -0.4 is 26.4 Å². The van der Waals surface area contributed by atoms with Crippen LogP contribution in [0.15, 0.2) is 53.7 Å². The fourth-order valence-corrected chi connectivity index (χ4v) is 9.38. The molecule has 1 saturated carbocycles. The number of carbonyl (C=O) groups is 5. The number of nitrogens with one attached hydrogen (secondary N) is 3. The normalized spacial score (nSPS) is 18.0. The minimum Gasteiger partial charge on any atom is -0.382 e. The second-order valence-electron chi connectivity index (χ2n) is 17.2. The zero-order chi connectivity index (χ0) is 46.6. The second kappa shape index (κ2) is 19.9. The zero-order valence-electron chi connectivity index (χ0n) is 37.5. The van der Waals surface area contributed by atoms with E-state index in [1.54, 1.807) is 40.6 Å². The lowest BCUT2D eigenvalue weighted by Gasteiger charge is -2.35. The summed E-state index contributed by atoms with van der Waals surface area (Å²) in [6.07, 6.45) is 9.42. The number of hydrogen-bond donors (Lipinski definition) is 3. The van der Waals surface area contributed by atoms with Gasteiger partial charge in [-0.05, 0) is 62.9 Å². The van der Waals surface area contributed by atoms with Crippen LogP contribution in [0.2, 0.25) is 0 Å². The Balaban J connectivity index is 0.672. The number of piperidine rings is 1. The molecule has 1 aliphatic carbocycles. The maximum atomic E-state index is 13.6. The Hall–Kier alpha value is -6.97. The van der Waals surface area contributed by atoms with E-state index in [0.29, 0.717) is 80.1 Å². The van der Waals surface area contributed by atoms with Gasteiger partial charge in [-0.1, -0.05) is 24.1 Å². The lowest BCUT2D eigenvalue weighted by Crippen LogP contribution is -2.54. The molecule has 3 fully saturated rings. The van der Waals surface area contributed by atoms with E-state index in [4.69, 9.17) is 14.5 Å². The van der Waals surface area contributed by atoms with Gasteiger partial charge in [-0.15, -0.1) is 5.10 Å². The SMILES string of the molecule is CC(=O)c1c(C)c2cnc(Nc3ccc(N4CCN(Cc5cn(CCOCCOCCNc6cccc7c6C(=O)N(C6CCC(=O)NC6=O)C7=O)nn5)CC4)cn3)nc2n(C2CCCC2)c1=O. The maximum absolute atomic E-state index is 13.6. The van der Waals surface area contributed by atoms with Gasteiger partial charge in [0, 0.05) is 75.2 Å². The van der Waals surface area contributed by atoms with Gasteiger partial charge in [0.1, 0.15) is 17.5 Å². The second-order valence-corrected chi connectivity index (χ2v) is 17.2. The number of benzene rings is 1. The van der Waals surface area contributed by atoms with Crippen molar-refractivity contribution in [1.29, 1.82) is 0 Å². The molecule has 0 spiro atoms. The molecule has 350 valence electrons. The van der Waals surface area contributed by atoms with Crippen LogP contribution in [-0.4, -0.2) is 139 Å². The third-order valence-corrected chi connectivity index (χ3v) is 12.8. The molecular formula is C46H53N13O8. The molecule has 5 aromatic rings. The van der Waals surface area contributed by atoms with Crippen molar-refractivity contribution in [1.82, 2.24) is 49.6 Å². The number of aryl methyl sites for hydroxylation is 1. The van der Waals surface area contributed by atoms with Crippen molar-refractivity contribution < 1.29 is 33.4 Å². The van der Waals surface area contributed by atoms with Gasteiger partial charge in [0.15, 0.2) is 5.78 Å². The van der Waals surface area contributed by atoms with E-state index in [-0.39, 0.29) is 46.9 Å². The van der Waals surface area contributed by atoms with E-state index < -0.39 is 29.7 Å². The maximum Gasteiger partial charge on any atom is 0.264 e. The molecule has 21 heteroatoms. The molecule has 4 aliphatic rings. The first-order chi connectivity index (χ1) is 32.5. The number of imide groups is 2. The molecule has 0 radical (unpaired) electrons. The summed E-state index contributed by atoms with van der Waals surface area (Å²) in [5, 5.41) is 17.9. The molecule has 3 aliphatic heterocycles. The predicted octanol–water partition coefficient (Wildman–Crippen LogP) is 3.02. The third kappa shape index (κ3) is 9.65. The van der Waals surface area contributed by atoms with E-state index in [0.717, 1.165) is 68.1 Å². The number of piperazine rings is 1. The van der Waals surface area contributed by atoms with Gasteiger partial charge in [-0.2, -0.15) is 4.98 Å². The monoisotopic (exact) mass is 915 g/mol. The number of carbonyl (C=O) groups excluding carboxylic acids is 5. The Morgan fingerprint density at radius 3 is 2.43 bits per heavy atom. The van der Waals surface area contributed by atoms with Crippen molar-refractivity contribution in [2.75, 3.05) is 74.7 Å². The molecule has 21 nitrogen and oxygen atoms in total. The number of amides is 4. The van der Waals surface area contributed by atoms with Crippen molar-refractivity contribution in [3.8, 4) is 0 Å². The van der Waals surface area contributed by atoms with E-state index >= 15 is 0 Å². The van der Waals surface area contributed by atoms with Crippen LogP contribution in [0.3, 0.4) is 0 Å². The van der Waals surface area contributed by atoms with Gasteiger partial charge in [0.2, 0.25) is 17.8 Å². The Kier molecular flexibility index (Phi) is 13.4. The van der Waals surface area contributed by atoms with Gasteiger partial charge < -0.3 is 25.0 Å². The largest absolute Gasteiger partial charge is 0.382 e. The Morgan fingerprint density at radius 2 is 1.69 bits per heavy atom. The van der Waals surface area contributed by atoms with Gasteiger partial charge in [0.05, 0.1) is 67.2 Å². The number of nitrogens with zero attached hydrogens (tertiary/aromatic N) is 10. The summed E-state index contributed by atoms with van der Waals surface area (Å²) in [6, 6.07) is 7.82. The smallest absolute Gasteiger partial charge is 0.264 e. The molecule has 3 N–H and O–H groups in total. The first kappa shape index (κ1) is 45.2. The number of Topliss-reactive ketones (excluding diaryl/α,β-unsaturated/α-hetero) is 1. The molecule has 2 saturated heterocycles. The molecule has 0 bridgehead atoms. The Morgan fingerprint density at radius 1 is 0.896 bits per heavy atom. The van der Waals surface area contributed by atoms with Gasteiger partial charge in [0.25, 0.3) is 17.4 Å². The average Bonchev–Trinajstić information content (AvgIpc) is 4.07. The molecule has 4 aromatic heterocycles. The number of anilines is 4. The van der Waals surface area contributed by atoms with Crippen LogP contribution in [0.25, 0.3) is 11.0 Å². The van der Waals surface area contributed by atoms with Crippen molar-refractivity contribution in [3.05, 3.63) is 87.2 Å². The lowest BCUT2D eigenvalue weighted by molar-refractivity contribution is -0.136. The number of rotatable bonds is 18. The van der Waals surface area contributed by atoms with Crippen molar-refractivity contribution in [2.45, 2.75) is 77.5 Å². The molecule has 67 heavy (non-hydrogen) atoms. The predicted molar refractivity (Wildman–Crippen MR) is 244 cm³/mol. The fraction of sp³-hybridized carbons (Fsp3) is 0.457. The van der Waals surface area contributed by atoms with E-state index in [2.05, 4.69) is 46.0 Å². The first-order valence-electron chi connectivity index (χ1n) is 22.8. The molecular weight excluding hydrogens is 863 g/mol. The van der Waals surface area contributed by atoms with Crippen LogP contribution in [-0.2, 0) is 32.2 Å². The zero-order valence-corrected chi connectivity index (χ0v) is 37.5. The number of ether oxygens (including phenoxy) is 2. The van der Waals surface area contributed by atoms with Crippen LogP contribution >= 0.6 is 0 Å². The van der Waals surface area contributed by atoms with E-state index in [9.17, 15) is 28.8 Å². The van der Waals surface area contributed by atoms with Gasteiger partial charge in [-0.25, -0.2) is 14.6 Å². The number of fused-ring (bicyclic) bond motifs is 2.